The fourth-order valence-electron chi connectivity index (χ4n) is 1.72. The van der Waals surface area contributed by atoms with Crippen LogP contribution in [-0.2, 0) is 0 Å². The zero-order valence-corrected chi connectivity index (χ0v) is 14.0. The van der Waals surface area contributed by atoms with Crippen LogP contribution in [0.5, 0.6) is 0 Å². The minimum absolute atomic E-state index is 0.0604. The van der Waals surface area contributed by atoms with E-state index >= 15 is 0 Å². The summed E-state index contributed by atoms with van der Waals surface area (Å²) in [6.45, 7) is 6.42. The van der Waals surface area contributed by atoms with E-state index < -0.39 is 0 Å². The van der Waals surface area contributed by atoms with Gasteiger partial charge in [-0.15, -0.1) is 0 Å². The topological polar surface area (TPSA) is 12.0 Å². The van der Waals surface area contributed by atoms with E-state index in [1.807, 2.05) is 12.1 Å². The molecule has 2 aromatic carbocycles. The van der Waals surface area contributed by atoms with Crippen molar-refractivity contribution in [2.45, 2.75) is 36.1 Å². The summed E-state index contributed by atoms with van der Waals surface area (Å²) < 4.78 is 0. The summed E-state index contributed by atoms with van der Waals surface area (Å²) in [5.41, 5.74) is 1.17. The van der Waals surface area contributed by atoms with E-state index in [4.69, 9.17) is 23.2 Å². The van der Waals surface area contributed by atoms with Crippen LogP contribution in [0.4, 0.5) is 5.69 Å². The van der Waals surface area contributed by atoms with Gasteiger partial charge in [-0.1, -0.05) is 35.0 Å². The molecule has 0 amide bonds. The second-order valence-corrected chi connectivity index (χ2v) is 7.54. The standard InChI is InChI=1S/C16H17Cl2NS/c1-16(2,3)19-12-5-7-13(8-6-12)20-15-10-11(17)4-9-14(15)18/h4-10,19H,1-3H3. The Morgan fingerprint density at radius 3 is 2.20 bits per heavy atom. The maximum Gasteiger partial charge on any atom is 0.0546 e. The minimum atomic E-state index is 0.0604. The largest absolute Gasteiger partial charge is 0.380 e. The third kappa shape index (κ3) is 4.62. The number of anilines is 1. The second-order valence-electron chi connectivity index (χ2n) is 5.58. The van der Waals surface area contributed by atoms with Crippen molar-refractivity contribution < 1.29 is 0 Å². The van der Waals surface area contributed by atoms with Gasteiger partial charge < -0.3 is 5.32 Å². The van der Waals surface area contributed by atoms with Gasteiger partial charge in [-0.25, -0.2) is 0 Å². The monoisotopic (exact) mass is 325 g/mol. The fraction of sp³-hybridized carbons (Fsp3) is 0.250. The number of benzene rings is 2. The number of hydrogen-bond acceptors (Lipinski definition) is 2. The fourth-order valence-corrected chi connectivity index (χ4v) is 3.07. The molecule has 0 bridgehead atoms. The first-order valence-corrected chi connectivity index (χ1v) is 7.92. The molecule has 0 aliphatic carbocycles. The van der Waals surface area contributed by atoms with Crippen molar-refractivity contribution in [3.8, 4) is 0 Å². The molecule has 0 radical (unpaired) electrons. The minimum Gasteiger partial charge on any atom is -0.380 e. The average Bonchev–Trinajstić information content (AvgIpc) is 2.34. The molecule has 0 heterocycles. The molecule has 0 fully saturated rings. The van der Waals surface area contributed by atoms with E-state index in [-0.39, 0.29) is 5.54 Å². The quantitative estimate of drug-likeness (QED) is 0.705. The third-order valence-corrected chi connectivity index (χ3v) is 4.24. The van der Waals surface area contributed by atoms with Crippen molar-refractivity contribution in [3.05, 3.63) is 52.5 Å². The van der Waals surface area contributed by atoms with Crippen LogP contribution in [-0.4, -0.2) is 5.54 Å². The van der Waals surface area contributed by atoms with E-state index in [1.54, 1.807) is 17.8 Å². The zero-order valence-electron chi connectivity index (χ0n) is 11.7. The molecule has 2 rings (SSSR count). The summed E-state index contributed by atoms with van der Waals surface area (Å²) >= 11 is 13.8. The highest BCUT2D eigenvalue weighted by Gasteiger charge is 2.09. The lowest BCUT2D eigenvalue weighted by atomic mass is 10.1. The smallest absolute Gasteiger partial charge is 0.0546 e. The molecule has 0 saturated carbocycles. The molecule has 0 aliphatic heterocycles. The molecule has 1 nitrogen and oxygen atoms in total. The maximum absolute atomic E-state index is 6.17. The van der Waals surface area contributed by atoms with Crippen molar-refractivity contribution in [2.24, 2.45) is 0 Å². The van der Waals surface area contributed by atoms with E-state index in [1.165, 1.54) is 0 Å². The van der Waals surface area contributed by atoms with Gasteiger partial charge in [0.15, 0.2) is 0 Å². The normalized spacial score (nSPS) is 11.4. The van der Waals surface area contributed by atoms with Crippen molar-refractivity contribution >= 4 is 40.7 Å². The molecule has 1 N–H and O–H groups in total. The summed E-state index contributed by atoms with van der Waals surface area (Å²) in [7, 11) is 0. The SMILES string of the molecule is CC(C)(C)Nc1ccc(Sc2cc(Cl)ccc2Cl)cc1. The lowest BCUT2D eigenvalue weighted by Crippen LogP contribution is -2.25. The maximum atomic E-state index is 6.17. The predicted octanol–water partition coefficient (Wildman–Crippen LogP) is 6.36. The molecule has 20 heavy (non-hydrogen) atoms. The Morgan fingerprint density at radius 1 is 0.950 bits per heavy atom. The van der Waals surface area contributed by atoms with Gasteiger partial charge in [0, 0.05) is 26.0 Å². The Bertz CT molecular complexity index is 588. The van der Waals surface area contributed by atoms with Gasteiger partial charge in [-0.3, -0.25) is 0 Å². The van der Waals surface area contributed by atoms with Crippen LogP contribution < -0.4 is 5.32 Å². The van der Waals surface area contributed by atoms with Gasteiger partial charge in [0.2, 0.25) is 0 Å². The first-order valence-electron chi connectivity index (χ1n) is 6.35. The van der Waals surface area contributed by atoms with Crippen LogP contribution in [0.1, 0.15) is 20.8 Å². The van der Waals surface area contributed by atoms with Crippen LogP contribution in [0.25, 0.3) is 0 Å². The predicted molar refractivity (Wildman–Crippen MR) is 90.4 cm³/mol. The lowest BCUT2D eigenvalue weighted by Gasteiger charge is -2.22. The molecular weight excluding hydrogens is 309 g/mol. The van der Waals surface area contributed by atoms with Crippen molar-refractivity contribution in [1.29, 1.82) is 0 Å². The molecule has 0 aliphatic rings. The molecule has 2 aromatic rings. The van der Waals surface area contributed by atoms with E-state index in [9.17, 15) is 0 Å². The first-order chi connectivity index (χ1) is 9.33. The van der Waals surface area contributed by atoms with Gasteiger partial charge in [-0.05, 0) is 63.2 Å². The van der Waals surface area contributed by atoms with Crippen LogP contribution in [0.15, 0.2) is 52.3 Å². The highest BCUT2D eigenvalue weighted by atomic mass is 35.5. The Balaban J connectivity index is 2.13. The molecule has 0 unspecified atom stereocenters. The number of hydrogen-bond donors (Lipinski definition) is 1. The van der Waals surface area contributed by atoms with Gasteiger partial charge in [0.25, 0.3) is 0 Å². The van der Waals surface area contributed by atoms with Crippen LogP contribution >= 0.6 is 35.0 Å². The average molecular weight is 326 g/mol. The van der Waals surface area contributed by atoms with Crippen LogP contribution in [0, 0.1) is 0 Å². The van der Waals surface area contributed by atoms with Gasteiger partial charge in [0.05, 0.1) is 5.02 Å². The lowest BCUT2D eigenvalue weighted by molar-refractivity contribution is 0.634. The van der Waals surface area contributed by atoms with Crippen LogP contribution in [0.2, 0.25) is 10.0 Å². The molecular formula is C16H17Cl2NS. The third-order valence-electron chi connectivity index (χ3n) is 2.49. The highest BCUT2D eigenvalue weighted by Crippen LogP contribution is 2.35. The Hall–Kier alpha value is -0.830. The van der Waals surface area contributed by atoms with Gasteiger partial charge in [0.1, 0.15) is 0 Å². The molecule has 0 saturated heterocycles. The Labute approximate surface area is 134 Å². The zero-order chi connectivity index (χ0) is 14.8. The van der Waals surface area contributed by atoms with Gasteiger partial charge in [-0.2, -0.15) is 0 Å². The first kappa shape index (κ1) is 15.6. The number of rotatable bonds is 3. The van der Waals surface area contributed by atoms with Crippen LogP contribution in [0.3, 0.4) is 0 Å². The Kier molecular flexibility index (Phi) is 4.90. The molecule has 106 valence electrons. The van der Waals surface area contributed by atoms with E-state index in [0.717, 1.165) is 20.5 Å². The molecule has 0 spiro atoms. The molecule has 0 aromatic heterocycles. The van der Waals surface area contributed by atoms with Crippen molar-refractivity contribution in [2.75, 3.05) is 5.32 Å². The van der Waals surface area contributed by atoms with E-state index in [2.05, 4.69) is 50.4 Å². The number of halogens is 2. The molecule has 0 atom stereocenters. The molecule has 4 heteroatoms. The Morgan fingerprint density at radius 2 is 1.60 bits per heavy atom. The van der Waals surface area contributed by atoms with Crippen molar-refractivity contribution in [1.82, 2.24) is 0 Å². The van der Waals surface area contributed by atoms with E-state index in [0.29, 0.717) is 5.02 Å². The summed E-state index contributed by atoms with van der Waals surface area (Å²) in [4.78, 5) is 2.10. The highest BCUT2D eigenvalue weighted by molar-refractivity contribution is 7.99. The summed E-state index contributed by atoms with van der Waals surface area (Å²) in [6.07, 6.45) is 0. The van der Waals surface area contributed by atoms with Crippen molar-refractivity contribution in [3.63, 3.8) is 0 Å². The summed E-state index contributed by atoms with van der Waals surface area (Å²) in [5.74, 6) is 0. The summed E-state index contributed by atoms with van der Waals surface area (Å²) in [6, 6.07) is 13.8. The van der Waals surface area contributed by atoms with Gasteiger partial charge >= 0.3 is 0 Å². The summed E-state index contributed by atoms with van der Waals surface area (Å²) in [5, 5.41) is 4.85. The number of nitrogens with one attached hydrogen (secondary N) is 1. The second kappa shape index (κ2) is 6.30.